The van der Waals surface area contributed by atoms with E-state index >= 15 is 0 Å². The van der Waals surface area contributed by atoms with Crippen molar-refractivity contribution < 1.29 is 4.74 Å². The van der Waals surface area contributed by atoms with Crippen molar-refractivity contribution in [2.75, 3.05) is 19.8 Å². The maximum absolute atomic E-state index is 5.49. The van der Waals surface area contributed by atoms with Gasteiger partial charge in [-0.05, 0) is 75.1 Å². The number of rotatable bonds is 7. The van der Waals surface area contributed by atoms with Crippen LogP contribution in [-0.4, -0.2) is 25.8 Å². The van der Waals surface area contributed by atoms with Gasteiger partial charge in [0.15, 0.2) is 0 Å². The zero-order chi connectivity index (χ0) is 15.1. The zero-order valence-electron chi connectivity index (χ0n) is 14.0. The van der Waals surface area contributed by atoms with Gasteiger partial charge in [0.1, 0.15) is 0 Å². The Morgan fingerprint density at radius 2 is 1.95 bits per heavy atom. The first-order chi connectivity index (χ1) is 10.2. The first-order valence-corrected chi connectivity index (χ1v) is 8.56. The van der Waals surface area contributed by atoms with Crippen molar-refractivity contribution in [2.24, 2.45) is 5.92 Å². The van der Waals surface area contributed by atoms with Crippen LogP contribution in [0.3, 0.4) is 0 Å². The van der Waals surface area contributed by atoms with Crippen LogP contribution in [0.5, 0.6) is 0 Å². The maximum Gasteiger partial charge on any atom is 0.0468 e. The molecule has 1 aromatic carbocycles. The Balaban J connectivity index is 1.95. The Morgan fingerprint density at radius 1 is 1.19 bits per heavy atom. The molecule has 1 N–H and O–H groups in total. The highest BCUT2D eigenvalue weighted by Gasteiger charge is 2.19. The van der Waals surface area contributed by atoms with Gasteiger partial charge in [0, 0.05) is 19.3 Å². The van der Waals surface area contributed by atoms with Crippen LogP contribution < -0.4 is 5.32 Å². The Hall–Kier alpha value is -0.860. The van der Waals surface area contributed by atoms with Crippen LogP contribution in [0.1, 0.15) is 49.3 Å². The molecule has 1 heterocycles. The molecule has 1 atom stereocenters. The molecule has 0 spiro atoms. The molecule has 0 bridgehead atoms. The molecular formula is C19H31NO. The van der Waals surface area contributed by atoms with Crippen LogP contribution in [0, 0.1) is 19.8 Å². The van der Waals surface area contributed by atoms with E-state index in [4.69, 9.17) is 4.74 Å². The van der Waals surface area contributed by atoms with Crippen LogP contribution in [0.2, 0.25) is 0 Å². The highest BCUT2D eigenvalue weighted by Crippen LogP contribution is 2.22. The van der Waals surface area contributed by atoms with Crippen molar-refractivity contribution in [1.29, 1.82) is 0 Å². The van der Waals surface area contributed by atoms with Crippen molar-refractivity contribution in [3.63, 3.8) is 0 Å². The van der Waals surface area contributed by atoms with E-state index in [0.29, 0.717) is 6.04 Å². The molecule has 0 amide bonds. The topological polar surface area (TPSA) is 21.3 Å². The van der Waals surface area contributed by atoms with Gasteiger partial charge in [0.05, 0.1) is 0 Å². The molecule has 0 radical (unpaired) electrons. The monoisotopic (exact) mass is 289 g/mol. The minimum atomic E-state index is 0.607. The zero-order valence-corrected chi connectivity index (χ0v) is 14.0. The Kier molecular flexibility index (Phi) is 6.72. The van der Waals surface area contributed by atoms with E-state index in [0.717, 1.165) is 32.1 Å². The largest absolute Gasteiger partial charge is 0.381 e. The molecule has 0 aliphatic carbocycles. The van der Waals surface area contributed by atoms with Crippen molar-refractivity contribution >= 4 is 0 Å². The first-order valence-electron chi connectivity index (χ1n) is 8.56. The lowest BCUT2D eigenvalue weighted by Gasteiger charge is -2.27. The summed E-state index contributed by atoms with van der Waals surface area (Å²) in [6, 6.07) is 7.53. The van der Waals surface area contributed by atoms with E-state index in [1.54, 1.807) is 0 Å². The number of benzene rings is 1. The predicted molar refractivity (Wildman–Crippen MR) is 89.9 cm³/mol. The van der Waals surface area contributed by atoms with E-state index in [1.165, 1.54) is 42.4 Å². The average molecular weight is 289 g/mol. The predicted octanol–water partition coefficient (Wildman–Crippen LogP) is 4.03. The molecule has 1 unspecified atom stereocenters. The summed E-state index contributed by atoms with van der Waals surface area (Å²) in [5, 5.41) is 3.76. The highest BCUT2D eigenvalue weighted by atomic mass is 16.5. The fraction of sp³-hybridized carbons (Fsp3) is 0.684. The third-order valence-corrected chi connectivity index (χ3v) is 4.70. The molecule has 2 nitrogen and oxygen atoms in total. The highest BCUT2D eigenvalue weighted by molar-refractivity contribution is 5.30. The third kappa shape index (κ3) is 5.44. The smallest absolute Gasteiger partial charge is 0.0468 e. The van der Waals surface area contributed by atoms with Gasteiger partial charge in [0.2, 0.25) is 0 Å². The van der Waals surface area contributed by atoms with Crippen LogP contribution in [0.4, 0.5) is 0 Å². The maximum atomic E-state index is 5.49. The number of aryl methyl sites for hydroxylation is 2. The Bertz CT molecular complexity index is 424. The second kappa shape index (κ2) is 8.55. The molecule has 1 aliphatic rings. The molecule has 0 saturated carbocycles. The fourth-order valence-corrected chi connectivity index (χ4v) is 3.19. The van der Waals surface area contributed by atoms with E-state index < -0.39 is 0 Å². The minimum absolute atomic E-state index is 0.607. The summed E-state index contributed by atoms with van der Waals surface area (Å²) >= 11 is 0. The fourth-order valence-electron chi connectivity index (χ4n) is 3.19. The molecule has 1 fully saturated rings. The summed E-state index contributed by atoms with van der Waals surface area (Å²) in [5.74, 6) is 0.833. The second-order valence-electron chi connectivity index (χ2n) is 6.57. The van der Waals surface area contributed by atoms with Crippen molar-refractivity contribution in [3.05, 3.63) is 34.9 Å². The SMILES string of the molecule is CCCNC(Cc1ccc(C)c(C)c1)CC1CCOCC1. The third-order valence-electron chi connectivity index (χ3n) is 4.70. The van der Waals surface area contributed by atoms with E-state index in [9.17, 15) is 0 Å². The van der Waals surface area contributed by atoms with Gasteiger partial charge in [-0.2, -0.15) is 0 Å². The summed E-state index contributed by atoms with van der Waals surface area (Å²) in [6.07, 6.45) is 6.11. The van der Waals surface area contributed by atoms with Crippen LogP contribution >= 0.6 is 0 Å². The molecule has 0 aromatic heterocycles. The van der Waals surface area contributed by atoms with Gasteiger partial charge < -0.3 is 10.1 Å². The standard InChI is InChI=1S/C19H31NO/c1-4-9-20-19(13-17-7-10-21-11-8-17)14-18-6-5-15(2)16(3)12-18/h5-6,12,17,19-20H,4,7-11,13-14H2,1-3H3. The quantitative estimate of drug-likeness (QED) is 0.818. The molecule has 118 valence electrons. The molecule has 1 saturated heterocycles. The van der Waals surface area contributed by atoms with Crippen LogP contribution in [0.15, 0.2) is 18.2 Å². The van der Waals surface area contributed by atoms with Gasteiger partial charge in [-0.3, -0.25) is 0 Å². The lowest BCUT2D eigenvalue weighted by atomic mass is 9.89. The lowest BCUT2D eigenvalue weighted by molar-refractivity contribution is 0.0605. The van der Waals surface area contributed by atoms with E-state index in [2.05, 4.69) is 44.3 Å². The van der Waals surface area contributed by atoms with Gasteiger partial charge in [-0.1, -0.05) is 25.1 Å². The Labute approximate surface area is 130 Å². The lowest BCUT2D eigenvalue weighted by Crippen LogP contribution is -2.35. The minimum Gasteiger partial charge on any atom is -0.381 e. The molecule has 2 rings (SSSR count). The summed E-state index contributed by atoms with van der Waals surface area (Å²) < 4.78 is 5.49. The second-order valence-corrected chi connectivity index (χ2v) is 6.57. The van der Waals surface area contributed by atoms with Gasteiger partial charge in [-0.15, -0.1) is 0 Å². The molecule has 1 aromatic rings. The molecule has 1 aliphatic heterocycles. The van der Waals surface area contributed by atoms with Gasteiger partial charge in [0.25, 0.3) is 0 Å². The van der Waals surface area contributed by atoms with Crippen molar-refractivity contribution in [1.82, 2.24) is 5.32 Å². The average Bonchev–Trinajstić information content (AvgIpc) is 2.49. The summed E-state index contributed by atoms with van der Waals surface area (Å²) in [5.41, 5.74) is 4.27. The summed E-state index contributed by atoms with van der Waals surface area (Å²) in [6.45, 7) is 9.68. The molecular weight excluding hydrogens is 258 g/mol. The number of hydrogen-bond acceptors (Lipinski definition) is 2. The summed E-state index contributed by atoms with van der Waals surface area (Å²) in [7, 11) is 0. The van der Waals surface area contributed by atoms with E-state index in [-0.39, 0.29) is 0 Å². The number of nitrogens with one attached hydrogen (secondary N) is 1. The van der Waals surface area contributed by atoms with Gasteiger partial charge >= 0.3 is 0 Å². The molecule has 2 heteroatoms. The summed E-state index contributed by atoms with van der Waals surface area (Å²) in [4.78, 5) is 0. The van der Waals surface area contributed by atoms with Crippen LogP contribution in [-0.2, 0) is 11.2 Å². The first kappa shape index (κ1) is 16.5. The number of ether oxygens (including phenoxy) is 1. The normalized spacial score (nSPS) is 17.9. The van der Waals surface area contributed by atoms with Crippen molar-refractivity contribution in [3.8, 4) is 0 Å². The van der Waals surface area contributed by atoms with Crippen molar-refractivity contribution in [2.45, 2.75) is 58.9 Å². The Morgan fingerprint density at radius 3 is 2.62 bits per heavy atom. The number of hydrogen-bond donors (Lipinski definition) is 1. The van der Waals surface area contributed by atoms with E-state index in [1.807, 2.05) is 0 Å². The van der Waals surface area contributed by atoms with Crippen LogP contribution in [0.25, 0.3) is 0 Å². The van der Waals surface area contributed by atoms with Gasteiger partial charge in [-0.25, -0.2) is 0 Å². The molecule has 21 heavy (non-hydrogen) atoms.